The smallest absolute Gasteiger partial charge is 0.324 e. The molecular weight excluding hydrogens is 285 g/mol. The maximum absolute atomic E-state index is 11.1. The molecule has 2 aromatic rings. The molecule has 21 heavy (non-hydrogen) atoms. The van der Waals surface area contributed by atoms with Gasteiger partial charge in [0.05, 0.1) is 6.16 Å². The predicted molar refractivity (Wildman–Crippen MR) is 83.9 cm³/mol. The number of hydrogen-bond acceptors (Lipinski definition) is 2. The van der Waals surface area contributed by atoms with Gasteiger partial charge in [0.2, 0.25) is 0 Å². The van der Waals surface area contributed by atoms with Crippen molar-refractivity contribution in [2.24, 2.45) is 0 Å². The molecule has 0 amide bonds. The molecule has 0 fully saturated rings. The molecule has 0 unspecified atom stereocenters. The van der Waals surface area contributed by atoms with Crippen molar-refractivity contribution in [3.05, 3.63) is 71.8 Å². The SMILES string of the molecule is O=P(O)(O)CCN(Cc1ccccc1)Cc1ccccc1. The minimum Gasteiger partial charge on any atom is -0.324 e. The molecule has 0 radical (unpaired) electrons. The summed E-state index contributed by atoms with van der Waals surface area (Å²) in [5.41, 5.74) is 2.28. The third-order valence-corrected chi connectivity index (χ3v) is 3.99. The zero-order valence-corrected chi connectivity index (χ0v) is 12.7. The molecule has 0 aliphatic carbocycles. The summed E-state index contributed by atoms with van der Waals surface area (Å²) in [6.07, 6.45) is -0.118. The van der Waals surface area contributed by atoms with Crippen LogP contribution in [-0.2, 0) is 17.7 Å². The molecule has 0 aliphatic heterocycles. The predicted octanol–water partition coefficient (Wildman–Crippen LogP) is 2.87. The van der Waals surface area contributed by atoms with Gasteiger partial charge in [-0.1, -0.05) is 60.7 Å². The van der Waals surface area contributed by atoms with Gasteiger partial charge in [-0.05, 0) is 11.1 Å². The Morgan fingerprint density at radius 1 is 0.810 bits per heavy atom. The van der Waals surface area contributed by atoms with Crippen LogP contribution in [0, 0.1) is 0 Å². The third-order valence-electron chi connectivity index (χ3n) is 3.21. The Labute approximate surface area is 125 Å². The van der Waals surface area contributed by atoms with Gasteiger partial charge in [-0.3, -0.25) is 9.46 Å². The van der Waals surface area contributed by atoms with Crippen LogP contribution in [-0.4, -0.2) is 27.4 Å². The standard InChI is InChI=1S/C16H20NO3P/c18-21(19,20)12-11-17(13-15-7-3-1-4-8-15)14-16-9-5-2-6-10-16/h1-10H,11-14H2,(H2,18,19,20). The molecule has 4 nitrogen and oxygen atoms in total. The monoisotopic (exact) mass is 305 g/mol. The van der Waals surface area contributed by atoms with Crippen molar-refractivity contribution in [3.8, 4) is 0 Å². The van der Waals surface area contributed by atoms with Gasteiger partial charge in [0.1, 0.15) is 0 Å². The van der Waals surface area contributed by atoms with Gasteiger partial charge in [-0.25, -0.2) is 0 Å². The van der Waals surface area contributed by atoms with Crippen LogP contribution in [0.5, 0.6) is 0 Å². The Morgan fingerprint density at radius 3 is 1.62 bits per heavy atom. The lowest BCUT2D eigenvalue weighted by atomic mass is 10.1. The summed E-state index contributed by atoms with van der Waals surface area (Å²) in [7, 11) is -3.97. The van der Waals surface area contributed by atoms with Crippen LogP contribution < -0.4 is 0 Å². The van der Waals surface area contributed by atoms with Gasteiger partial charge in [0.15, 0.2) is 0 Å². The second-order valence-electron chi connectivity index (χ2n) is 5.07. The van der Waals surface area contributed by atoms with Crippen molar-refractivity contribution in [2.75, 3.05) is 12.7 Å². The Hall–Kier alpha value is -1.45. The van der Waals surface area contributed by atoms with Crippen molar-refractivity contribution in [1.82, 2.24) is 4.90 Å². The molecule has 5 heteroatoms. The fourth-order valence-corrected chi connectivity index (χ4v) is 2.71. The van der Waals surface area contributed by atoms with Crippen LogP contribution in [0.1, 0.15) is 11.1 Å². The first kappa shape index (κ1) is 15.9. The lowest BCUT2D eigenvalue weighted by Crippen LogP contribution is -2.26. The number of benzene rings is 2. The first-order valence-electron chi connectivity index (χ1n) is 6.88. The summed E-state index contributed by atoms with van der Waals surface area (Å²) in [6, 6.07) is 19.9. The maximum atomic E-state index is 11.1. The van der Waals surface area contributed by atoms with Crippen molar-refractivity contribution >= 4 is 7.60 Å². The summed E-state index contributed by atoms with van der Waals surface area (Å²) < 4.78 is 11.1. The average Bonchev–Trinajstić information content (AvgIpc) is 2.46. The quantitative estimate of drug-likeness (QED) is 0.772. The van der Waals surface area contributed by atoms with E-state index in [9.17, 15) is 4.57 Å². The molecule has 2 N–H and O–H groups in total. The molecule has 0 saturated carbocycles. The fraction of sp³-hybridized carbons (Fsp3) is 0.250. The molecule has 112 valence electrons. The topological polar surface area (TPSA) is 60.8 Å². The van der Waals surface area contributed by atoms with Gasteiger partial charge in [-0.2, -0.15) is 0 Å². The van der Waals surface area contributed by atoms with Gasteiger partial charge in [0.25, 0.3) is 0 Å². The van der Waals surface area contributed by atoms with E-state index in [1.807, 2.05) is 60.7 Å². The molecule has 0 saturated heterocycles. The largest absolute Gasteiger partial charge is 0.326 e. The normalized spacial score (nSPS) is 11.8. The Kier molecular flexibility index (Phi) is 5.71. The highest BCUT2D eigenvalue weighted by Crippen LogP contribution is 2.34. The highest BCUT2D eigenvalue weighted by Gasteiger charge is 2.16. The molecule has 0 spiro atoms. The third kappa shape index (κ3) is 6.23. The van der Waals surface area contributed by atoms with E-state index in [0.717, 1.165) is 11.1 Å². The molecule has 0 atom stereocenters. The van der Waals surface area contributed by atoms with E-state index in [-0.39, 0.29) is 6.16 Å². The Balaban J connectivity index is 2.04. The number of hydrogen-bond donors (Lipinski definition) is 2. The van der Waals surface area contributed by atoms with Crippen molar-refractivity contribution in [3.63, 3.8) is 0 Å². The van der Waals surface area contributed by atoms with Crippen LogP contribution in [0.3, 0.4) is 0 Å². The van der Waals surface area contributed by atoms with E-state index in [0.29, 0.717) is 19.6 Å². The van der Waals surface area contributed by atoms with E-state index >= 15 is 0 Å². The summed E-state index contributed by atoms with van der Waals surface area (Å²) >= 11 is 0. The molecule has 2 aromatic carbocycles. The molecule has 0 bridgehead atoms. The summed E-state index contributed by atoms with van der Waals surface area (Å²) in [4.78, 5) is 20.2. The van der Waals surface area contributed by atoms with Gasteiger partial charge >= 0.3 is 7.60 Å². The second kappa shape index (κ2) is 7.53. The van der Waals surface area contributed by atoms with Gasteiger partial charge in [0, 0.05) is 19.6 Å². The highest BCUT2D eigenvalue weighted by atomic mass is 31.2. The zero-order chi connectivity index (χ0) is 15.1. The molecule has 0 aromatic heterocycles. The molecule has 0 heterocycles. The highest BCUT2D eigenvalue weighted by molar-refractivity contribution is 7.51. The summed E-state index contributed by atoms with van der Waals surface area (Å²) in [5.74, 6) is 0. The first-order chi connectivity index (χ1) is 10.0. The van der Waals surface area contributed by atoms with Crippen LogP contribution in [0.15, 0.2) is 60.7 Å². The van der Waals surface area contributed by atoms with Crippen LogP contribution >= 0.6 is 7.60 Å². The number of rotatable bonds is 7. The van der Waals surface area contributed by atoms with Crippen LogP contribution in [0.4, 0.5) is 0 Å². The van der Waals surface area contributed by atoms with E-state index < -0.39 is 7.60 Å². The molecule has 0 aliphatic rings. The summed E-state index contributed by atoms with van der Waals surface area (Å²) in [6.45, 7) is 1.72. The van der Waals surface area contributed by atoms with Crippen molar-refractivity contribution < 1.29 is 14.4 Å². The number of nitrogens with zero attached hydrogens (tertiary/aromatic N) is 1. The van der Waals surface area contributed by atoms with E-state index in [2.05, 4.69) is 4.90 Å². The van der Waals surface area contributed by atoms with Crippen molar-refractivity contribution in [2.45, 2.75) is 13.1 Å². The van der Waals surface area contributed by atoms with Crippen LogP contribution in [0.25, 0.3) is 0 Å². The van der Waals surface area contributed by atoms with Crippen molar-refractivity contribution in [1.29, 1.82) is 0 Å². The van der Waals surface area contributed by atoms with E-state index in [1.165, 1.54) is 0 Å². The minimum atomic E-state index is -3.97. The Morgan fingerprint density at radius 2 is 1.24 bits per heavy atom. The second-order valence-corrected chi connectivity index (χ2v) is 6.85. The lowest BCUT2D eigenvalue weighted by molar-refractivity contribution is 0.263. The summed E-state index contributed by atoms with van der Waals surface area (Å²) in [5, 5.41) is 0. The van der Waals surface area contributed by atoms with E-state index in [1.54, 1.807) is 0 Å². The van der Waals surface area contributed by atoms with Gasteiger partial charge in [-0.15, -0.1) is 0 Å². The average molecular weight is 305 g/mol. The Bertz CT molecular complexity index is 541. The maximum Gasteiger partial charge on any atom is 0.326 e. The fourth-order valence-electron chi connectivity index (χ4n) is 2.17. The lowest BCUT2D eigenvalue weighted by Gasteiger charge is -2.22. The first-order valence-corrected chi connectivity index (χ1v) is 8.67. The van der Waals surface area contributed by atoms with E-state index in [4.69, 9.17) is 9.79 Å². The minimum absolute atomic E-state index is 0.118. The van der Waals surface area contributed by atoms with Gasteiger partial charge < -0.3 is 9.79 Å². The molecular formula is C16H20NO3P. The van der Waals surface area contributed by atoms with Crippen LogP contribution in [0.2, 0.25) is 0 Å². The molecule has 2 rings (SSSR count). The zero-order valence-electron chi connectivity index (χ0n) is 11.8.